The molecule has 0 N–H and O–H groups in total. The number of hydrogen-bond donors (Lipinski definition) is 0. The molecule has 25 heavy (non-hydrogen) atoms. The lowest BCUT2D eigenvalue weighted by Crippen LogP contribution is -2.49. The summed E-state index contributed by atoms with van der Waals surface area (Å²) in [6.45, 7) is 3.05. The molecule has 3 rings (SSSR count). The summed E-state index contributed by atoms with van der Waals surface area (Å²) in [6, 6.07) is 20.4. The van der Waals surface area contributed by atoms with E-state index >= 15 is 0 Å². The van der Waals surface area contributed by atoms with Crippen LogP contribution >= 0.6 is 0 Å². The molecule has 2 atom stereocenters. The van der Waals surface area contributed by atoms with Gasteiger partial charge in [0.1, 0.15) is 7.85 Å². The van der Waals surface area contributed by atoms with Crippen molar-refractivity contribution in [1.29, 1.82) is 0 Å². The molecule has 2 aromatic rings. The van der Waals surface area contributed by atoms with Crippen molar-refractivity contribution in [3.8, 4) is 0 Å². The Labute approximate surface area is 151 Å². The zero-order chi connectivity index (χ0) is 17.6. The number of hydrogen-bond acceptors (Lipinski definition) is 2. The Kier molecular flexibility index (Phi) is 5.93. The summed E-state index contributed by atoms with van der Waals surface area (Å²) in [7, 11) is 5.88. The van der Waals surface area contributed by atoms with E-state index in [0.29, 0.717) is 19.5 Å². The third-order valence-corrected chi connectivity index (χ3v) is 4.69. The lowest BCUT2D eigenvalue weighted by molar-refractivity contribution is -0.140. The smallest absolute Gasteiger partial charge is 0.222 e. The van der Waals surface area contributed by atoms with Crippen LogP contribution in [0.1, 0.15) is 36.8 Å². The molecule has 2 aromatic carbocycles. The van der Waals surface area contributed by atoms with Gasteiger partial charge in [0.05, 0.1) is 6.10 Å². The van der Waals surface area contributed by atoms with Crippen molar-refractivity contribution in [2.45, 2.75) is 37.8 Å². The van der Waals surface area contributed by atoms with E-state index in [4.69, 9.17) is 12.6 Å². The first-order valence-electron chi connectivity index (χ1n) is 8.92. The Morgan fingerprint density at radius 3 is 2.16 bits per heavy atom. The van der Waals surface area contributed by atoms with Gasteiger partial charge in [-0.1, -0.05) is 60.7 Å². The topological polar surface area (TPSA) is 29.5 Å². The summed E-state index contributed by atoms with van der Waals surface area (Å²) >= 11 is 0. The largest absolute Gasteiger partial charge is 0.381 e. The van der Waals surface area contributed by atoms with Crippen LogP contribution in [0.2, 0.25) is 0 Å². The highest BCUT2D eigenvalue weighted by Gasteiger charge is 2.26. The van der Waals surface area contributed by atoms with E-state index in [-0.39, 0.29) is 23.9 Å². The monoisotopic (exact) mass is 333 g/mol. The van der Waals surface area contributed by atoms with Crippen molar-refractivity contribution in [2.75, 3.05) is 13.1 Å². The van der Waals surface area contributed by atoms with E-state index in [0.717, 1.165) is 6.42 Å². The fourth-order valence-electron chi connectivity index (χ4n) is 3.51. The first-order chi connectivity index (χ1) is 12.1. The van der Waals surface area contributed by atoms with E-state index in [9.17, 15) is 4.79 Å². The highest BCUT2D eigenvalue weighted by Crippen LogP contribution is 2.29. The molecule has 1 aliphatic heterocycles. The van der Waals surface area contributed by atoms with Gasteiger partial charge < -0.3 is 9.64 Å². The molecule has 2 unspecified atom stereocenters. The maximum Gasteiger partial charge on any atom is 0.222 e. The predicted octanol–water partition coefficient (Wildman–Crippen LogP) is 3.34. The van der Waals surface area contributed by atoms with E-state index in [2.05, 4.69) is 48.5 Å². The molecule has 2 radical (unpaired) electrons. The highest BCUT2D eigenvalue weighted by atomic mass is 16.5. The number of nitrogens with zero attached hydrogens (tertiary/aromatic N) is 1. The average molecular weight is 333 g/mol. The number of amides is 1. The number of rotatable bonds is 5. The molecule has 1 aliphatic rings. The van der Waals surface area contributed by atoms with Crippen molar-refractivity contribution in [3.63, 3.8) is 0 Å². The second-order valence-electron chi connectivity index (χ2n) is 6.70. The average Bonchev–Trinajstić information content (AvgIpc) is 2.63. The quantitative estimate of drug-likeness (QED) is 0.786. The zero-order valence-electron chi connectivity index (χ0n) is 14.7. The van der Waals surface area contributed by atoms with Crippen LogP contribution in [0.4, 0.5) is 0 Å². The second-order valence-corrected chi connectivity index (χ2v) is 6.70. The van der Waals surface area contributed by atoms with Crippen LogP contribution in [0.25, 0.3) is 0 Å². The van der Waals surface area contributed by atoms with Crippen LogP contribution in [0.15, 0.2) is 60.7 Å². The van der Waals surface area contributed by atoms with E-state index in [1.807, 2.05) is 24.0 Å². The van der Waals surface area contributed by atoms with Gasteiger partial charge in [0.25, 0.3) is 0 Å². The lowest BCUT2D eigenvalue weighted by atomic mass is 9.87. The Morgan fingerprint density at radius 1 is 1.08 bits per heavy atom. The van der Waals surface area contributed by atoms with Gasteiger partial charge >= 0.3 is 0 Å². The maximum atomic E-state index is 12.7. The van der Waals surface area contributed by atoms with Gasteiger partial charge in [0.15, 0.2) is 0 Å². The molecule has 1 amide bonds. The number of ether oxygens (including phenoxy) is 1. The van der Waals surface area contributed by atoms with Gasteiger partial charge in [-0.15, -0.1) is 0 Å². The zero-order valence-corrected chi connectivity index (χ0v) is 14.7. The Balaban J connectivity index is 1.70. The van der Waals surface area contributed by atoms with Crippen molar-refractivity contribution >= 4 is 13.8 Å². The minimum absolute atomic E-state index is 0.00764. The summed E-state index contributed by atoms with van der Waals surface area (Å²) in [5, 5.41) is 0. The number of carbonyl (C=O) groups excluding carboxylic acids is 1. The normalized spacial score (nSPS) is 20.6. The van der Waals surface area contributed by atoms with Gasteiger partial charge in [-0.05, 0) is 24.5 Å². The summed E-state index contributed by atoms with van der Waals surface area (Å²) in [6.07, 6.45) is 1.29. The molecule has 0 bridgehead atoms. The molecular formula is C21H24BNO2. The molecule has 0 aromatic heterocycles. The van der Waals surface area contributed by atoms with Crippen molar-refractivity contribution in [1.82, 2.24) is 4.90 Å². The Hall–Kier alpha value is -2.07. The third kappa shape index (κ3) is 4.73. The molecule has 3 nitrogen and oxygen atoms in total. The predicted molar refractivity (Wildman–Crippen MR) is 101 cm³/mol. The van der Waals surface area contributed by atoms with E-state index in [1.165, 1.54) is 11.1 Å². The van der Waals surface area contributed by atoms with Crippen LogP contribution in [0.3, 0.4) is 0 Å². The van der Waals surface area contributed by atoms with Gasteiger partial charge in [-0.2, -0.15) is 0 Å². The molecule has 4 heteroatoms. The molecule has 1 heterocycles. The minimum Gasteiger partial charge on any atom is -0.381 e. The standard InChI is InChI=1S/C21H24BNO2/c1-16-14-23(15-20(22)25-16)21(24)13-12-19(17-8-4-2-5-9-17)18-10-6-3-7-11-18/h2-11,16,19-20H,12-15H2,1H3. The maximum absolute atomic E-state index is 12.7. The van der Waals surface area contributed by atoms with Crippen LogP contribution in [-0.4, -0.2) is 43.9 Å². The number of benzene rings is 2. The second kappa shape index (κ2) is 8.35. The molecule has 0 aliphatic carbocycles. The lowest BCUT2D eigenvalue weighted by Gasteiger charge is -2.36. The van der Waals surface area contributed by atoms with Gasteiger partial charge in [-0.3, -0.25) is 4.79 Å². The van der Waals surface area contributed by atoms with Crippen LogP contribution in [0, 0.1) is 0 Å². The fraction of sp³-hybridized carbons (Fsp3) is 0.381. The number of morpholine rings is 1. The van der Waals surface area contributed by atoms with Crippen molar-refractivity contribution < 1.29 is 9.53 Å². The fourth-order valence-corrected chi connectivity index (χ4v) is 3.51. The number of carbonyl (C=O) groups is 1. The summed E-state index contributed by atoms with van der Waals surface area (Å²) < 4.78 is 5.51. The molecule has 0 saturated carbocycles. The summed E-state index contributed by atoms with van der Waals surface area (Å²) in [5.41, 5.74) is 2.49. The Morgan fingerprint density at radius 2 is 1.64 bits per heavy atom. The summed E-state index contributed by atoms with van der Waals surface area (Å²) in [4.78, 5) is 14.5. The van der Waals surface area contributed by atoms with Gasteiger partial charge in [0, 0.05) is 31.4 Å². The van der Waals surface area contributed by atoms with Crippen LogP contribution in [-0.2, 0) is 9.53 Å². The first-order valence-corrected chi connectivity index (χ1v) is 8.92. The van der Waals surface area contributed by atoms with Crippen LogP contribution in [0.5, 0.6) is 0 Å². The molecule has 128 valence electrons. The van der Waals surface area contributed by atoms with E-state index < -0.39 is 0 Å². The first kappa shape index (κ1) is 17.7. The Bertz CT molecular complexity index is 627. The van der Waals surface area contributed by atoms with E-state index in [1.54, 1.807) is 0 Å². The molecule has 0 spiro atoms. The minimum atomic E-state index is -0.383. The van der Waals surface area contributed by atoms with Gasteiger partial charge in [0.2, 0.25) is 5.91 Å². The molecule has 1 saturated heterocycles. The van der Waals surface area contributed by atoms with Crippen molar-refractivity contribution in [2.24, 2.45) is 0 Å². The molecule has 1 fully saturated rings. The van der Waals surface area contributed by atoms with Gasteiger partial charge in [-0.25, -0.2) is 0 Å². The SMILES string of the molecule is [B]C1CN(C(=O)CCC(c2ccccc2)c2ccccc2)CC(C)O1. The molecular weight excluding hydrogens is 309 g/mol. The highest BCUT2D eigenvalue weighted by molar-refractivity contribution is 6.11. The summed E-state index contributed by atoms with van der Waals surface area (Å²) in [5.74, 6) is 0.376. The third-order valence-electron chi connectivity index (χ3n) is 4.69. The van der Waals surface area contributed by atoms with Crippen molar-refractivity contribution in [3.05, 3.63) is 71.8 Å². The van der Waals surface area contributed by atoms with Crippen LogP contribution < -0.4 is 0 Å².